The number of nitrogens with zero attached hydrogens (tertiary/aromatic N) is 4. The largest absolute Gasteiger partial charge is 0.475 e. The van der Waals surface area contributed by atoms with Crippen LogP contribution in [0.4, 0.5) is 0 Å². The quantitative estimate of drug-likeness (QED) is 0.549. The van der Waals surface area contributed by atoms with Crippen molar-refractivity contribution >= 4 is 5.65 Å². The molecule has 0 aliphatic rings. The van der Waals surface area contributed by atoms with E-state index < -0.39 is 0 Å². The summed E-state index contributed by atoms with van der Waals surface area (Å²) in [7, 11) is 0. The molecule has 1 N–H and O–H groups in total. The molecule has 7 nitrogen and oxygen atoms in total. The molecule has 0 atom stereocenters. The van der Waals surface area contributed by atoms with Crippen molar-refractivity contribution in [3.63, 3.8) is 0 Å². The summed E-state index contributed by atoms with van der Waals surface area (Å²) in [5.74, 6) is 1.12. The highest BCUT2D eigenvalue weighted by molar-refractivity contribution is 5.58. The Labute approximate surface area is 120 Å². The van der Waals surface area contributed by atoms with Crippen molar-refractivity contribution in [3.8, 4) is 17.3 Å². The van der Waals surface area contributed by atoms with Crippen LogP contribution in [0, 0.1) is 0 Å². The molecule has 0 radical (unpaired) electrons. The van der Waals surface area contributed by atoms with Crippen molar-refractivity contribution in [2.24, 2.45) is 0 Å². The van der Waals surface area contributed by atoms with Crippen molar-refractivity contribution in [2.75, 3.05) is 6.61 Å². The lowest BCUT2D eigenvalue weighted by atomic mass is 10.4. The normalized spacial score (nSPS) is 10.9. The molecule has 0 fully saturated rings. The lowest BCUT2D eigenvalue weighted by Crippen LogP contribution is -2.02. The van der Waals surface area contributed by atoms with Crippen LogP contribution >= 0.6 is 0 Å². The number of oxazole rings is 1. The van der Waals surface area contributed by atoms with Gasteiger partial charge in [-0.25, -0.2) is 15.0 Å². The number of fused-ring (bicyclic) bond motifs is 1. The Morgan fingerprint density at radius 1 is 1.43 bits per heavy atom. The van der Waals surface area contributed by atoms with Crippen molar-refractivity contribution in [1.82, 2.24) is 19.4 Å². The van der Waals surface area contributed by atoms with Gasteiger partial charge in [0.1, 0.15) is 12.3 Å². The molecule has 108 valence electrons. The molecule has 0 aliphatic carbocycles. The van der Waals surface area contributed by atoms with Crippen LogP contribution in [-0.4, -0.2) is 31.1 Å². The first-order valence-electron chi connectivity index (χ1n) is 6.45. The fourth-order valence-corrected chi connectivity index (χ4v) is 1.86. The van der Waals surface area contributed by atoms with Crippen LogP contribution in [0.25, 0.3) is 17.1 Å². The molecule has 3 aromatic rings. The van der Waals surface area contributed by atoms with Crippen LogP contribution in [0.5, 0.6) is 5.88 Å². The molecule has 7 heteroatoms. The fourth-order valence-electron chi connectivity index (χ4n) is 1.86. The first-order valence-corrected chi connectivity index (χ1v) is 6.45. The molecule has 0 amide bonds. The Hall–Kier alpha value is -2.67. The van der Waals surface area contributed by atoms with E-state index in [4.69, 9.17) is 14.3 Å². The van der Waals surface area contributed by atoms with Gasteiger partial charge in [0.2, 0.25) is 11.5 Å². The average Bonchev–Trinajstić information content (AvgIpc) is 3.16. The molecule has 0 spiro atoms. The van der Waals surface area contributed by atoms with Gasteiger partial charge >= 0.3 is 0 Å². The topological polar surface area (TPSA) is 85.7 Å². The van der Waals surface area contributed by atoms with Crippen LogP contribution in [0.3, 0.4) is 0 Å². The molecule has 3 rings (SSSR count). The summed E-state index contributed by atoms with van der Waals surface area (Å²) < 4.78 is 12.8. The van der Waals surface area contributed by atoms with Crippen molar-refractivity contribution in [1.29, 1.82) is 0 Å². The zero-order valence-electron chi connectivity index (χ0n) is 11.3. The minimum Gasteiger partial charge on any atom is -0.475 e. The number of aliphatic hydroxyl groups is 1. The maximum atomic E-state index is 9.01. The van der Waals surface area contributed by atoms with E-state index in [1.807, 2.05) is 0 Å². The van der Waals surface area contributed by atoms with Gasteiger partial charge in [0.05, 0.1) is 12.8 Å². The Balaban J connectivity index is 2.00. The van der Waals surface area contributed by atoms with Crippen LogP contribution < -0.4 is 4.74 Å². The van der Waals surface area contributed by atoms with E-state index >= 15 is 0 Å². The fraction of sp³-hybridized carbons (Fsp3) is 0.214. The molecule has 3 aromatic heterocycles. The third kappa shape index (κ3) is 2.63. The number of hydrogen-bond donors (Lipinski definition) is 1. The van der Waals surface area contributed by atoms with Gasteiger partial charge < -0.3 is 18.7 Å². The zero-order valence-corrected chi connectivity index (χ0v) is 11.3. The molecule has 0 saturated heterocycles. The van der Waals surface area contributed by atoms with E-state index in [1.54, 1.807) is 29.1 Å². The summed E-state index contributed by atoms with van der Waals surface area (Å²) in [5, 5.41) is 9.01. The summed E-state index contributed by atoms with van der Waals surface area (Å²) in [6, 6.07) is 0. The Bertz CT molecular complexity index is 763. The van der Waals surface area contributed by atoms with Gasteiger partial charge in [-0.1, -0.05) is 6.08 Å². The third-order valence-electron chi connectivity index (χ3n) is 2.85. The van der Waals surface area contributed by atoms with Gasteiger partial charge in [0.25, 0.3) is 5.88 Å². The van der Waals surface area contributed by atoms with E-state index in [1.165, 1.54) is 6.20 Å². The second kappa shape index (κ2) is 5.76. The maximum absolute atomic E-state index is 9.01. The van der Waals surface area contributed by atoms with Crippen LogP contribution in [0.2, 0.25) is 0 Å². The second-order valence-corrected chi connectivity index (χ2v) is 4.29. The SMILES string of the molecule is C=CCCOc1nc(-c2cnc(CO)o2)cn2ccnc12. The summed E-state index contributed by atoms with van der Waals surface area (Å²) in [6.07, 6.45) is 9.24. The highest BCUT2D eigenvalue weighted by Crippen LogP contribution is 2.24. The number of aromatic nitrogens is 4. The van der Waals surface area contributed by atoms with Crippen LogP contribution in [-0.2, 0) is 6.61 Å². The molecule has 0 saturated carbocycles. The first-order chi connectivity index (χ1) is 10.3. The number of imidazole rings is 1. The van der Waals surface area contributed by atoms with Gasteiger partial charge in [-0.3, -0.25) is 0 Å². The van der Waals surface area contributed by atoms with E-state index in [-0.39, 0.29) is 12.5 Å². The average molecular weight is 286 g/mol. The predicted octanol–water partition coefficient (Wildman–Crippen LogP) is 1.83. The van der Waals surface area contributed by atoms with Gasteiger partial charge in [0.15, 0.2) is 5.76 Å². The molecular weight excluding hydrogens is 272 g/mol. The highest BCUT2D eigenvalue weighted by atomic mass is 16.5. The van der Waals surface area contributed by atoms with Crippen LogP contribution in [0.15, 0.2) is 41.9 Å². The lowest BCUT2D eigenvalue weighted by Gasteiger charge is -2.07. The smallest absolute Gasteiger partial charge is 0.259 e. The zero-order chi connectivity index (χ0) is 14.7. The van der Waals surface area contributed by atoms with Gasteiger partial charge in [-0.2, -0.15) is 0 Å². The number of hydrogen-bond acceptors (Lipinski definition) is 6. The monoisotopic (exact) mass is 286 g/mol. The summed E-state index contributed by atoms with van der Waals surface area (Å²) in [4.78, 5) is 12.6. The number of ether oxygens (including phenoxy) is 1. The van der Waals surface area contributed by atoms with Gasteiger partial charge in [-0.05, 0) is 6.42 Å². The lowest BCUT2D eigenvalue weighted by molar-refractivity contribution is 0.241. The molecule has 3 heterocycles. The second-order valence-electron chi connectivity index (χ2n) is 4.29. The number of aliphatic hydroxyl groups excluding tert-OH is 1. The van der Waals surface area contributed by atoms with Crippen LogP contribution in [0.1, 0.15) is 12.3 Å². The Morgan fingerprint density at radius 3 is 3.10 bits per heavy atom. The minimum atomic E-state index is -0.254. The van der Waals surface area contributed by atoms with Crippen molar-refractivity contribution in [3.05, 3.63) is 43.3 Å². The Morgan fingerprint density at radius 2 is 2.33 bits per heavy atom. The molecular formula is C14H14N4O3. The molecule has 21 heavy (non-hydrogen) atoms. The van der Waals surface area contributed by atoms with E-state index in [0.717, 1.165) is 6.42 Å². The molecule has 0 unspecified atom stereocenters. The summed E-state index contributed by atoms with van der Waals surface area (Å²) in [5.41, 5.74) is 1.19. The number of rotatable bonds is 6. The van der Waals surface area contributed by atoms with E-state index in [2.05, 4.69) is 21.5 Å². The third-order valence-corrected chi connectivity index (χ3v) is 2.85. The van der Waals surface area contributed by atoms with Crippen molar-refractivity contribution < 1.29 is 14.3 Å². The molecule has 0 aromatic carbocycles. The van der Waals surface area contributed by atoms with E-state index in [0.29, 0.717) is 29.6 Å². The molecule has 0 bridgehead atoms. The van der Waals surface area contributed by atoms with E-state index in [9.17, 15) is 0 Å². The predicted molar refractivity (Wildman–Crippen MR) is 74.7 cm³/mol. The first kappa shape index (κ1) is 13.3. The van der Waals surface area contributed by atoms with Crippen molar-refractivity contribution in [2.45, 2.75) is 13.0 Å². The van der Waals surface area contributed by atoms with Gasteiger partial charge in [-0.15, -0.1) is 6.58 Å². The van der Waals surface area contributed by atoms with Gasteiger partial charge in [0, 0.05) is 18.6 Å². The summed E-state index contributed by atoms with van der Waals surface area (Å²) in [6.45, 7) is 3.87. The Kier molecular flexibility index (Phi) is 3.65. The highest BCUT2D eigenvalue weighted by Gasteiger charge is 2.13. The molecule has 0 aliphatic heterocycles. The minimum absolute atomic E-state index is 0.242. The summed E-state index contributed by atoms with van der Waals surface area (Å²) >= 11 is 0. The maximum Gasteiger partial charge on any atom is 0.259 e. The standard InChI is InChI=1S/C14H14N4O3/c1-2-3-6-20-14-13-15-4-5-18(13)8-10(17-14)11-7-16-12(9-19)21-11/h2,4-5,7-8,19H,1,3,6,9H2.